The normalized spacial score (nSPS) is 15.5. The lowest BCUT2D eigenvalue weighted by atomic mass is 10.2. The van der Waals surface area contributed by atoms with Crippen molar-refractivity contribution in [1.82, 2.24) is 14.5 Å². The predicted molar refractivity (Wildman–Crippen MR) is 116 cm³/mol. The number of sulfonamides is 1. The van der Waals surface area contributed by atoms with Gasteiger partial charge in [-0.3, -0.25) is 9.52 Å². The Kier molecular flexibility index (Phi) is 5.72. The largest absolute Gasteiger partial charge is 0.489 e. The molecule has 4 bridgehead atoms. The van der Waals surface area contributed by atoms with E-state index in [0.717, 1.165) is 0 Å². The van der Waals surface area contributed by atoms with Crippen molar-refractivity contribution >= 4 is 15.8 Å². The third kappa shape index (κ3) is 5.28. The number of anilines is 1. The van der Waals surface area contributed by atoms with Gasteiger partial charge < -0.3 is 14.0 Å². The lowest BCUT2D eigenvalue weighted by Crippen LogP contribution is -2.18. The first kappa shape index (κ1) is 20.6. The van der Waals surface area contributed by atoms with Crippen molar-refractivity contribution in [2.24, 2.45) is 7.05 Å². The zero-order valence-electron chi connectivity index (χ0n) is 16.7. The molecule has 0 fully saturated rings. The maximum absolute atomic E-state index is 12.5. The molecule has 0 saturated carbocycles. The maximum Gasteiger partial charge on any atom is 0.324 e. The molecule has 3 heterocycles. The number of aromatic nitrogens is 3. The van der Waals surface area contributed by atoms with E-state index in [4.69, 9.17) is 9.47 Å². The molecule has 9 nitrogen and oxygen atoms in total. The molecule has 2 aromatic heterocycles. The molecule has 160 valence electrons. The summed E-state index contributed by atoms with van der Waals surface area (Å²) >= 11 is 0. The minimum atomic E-state index is -3.65. The van der Waals surface area contributed by atoms with Crippen molar-refractivity contribution in [3.05, 3.63) is 71.2 Å². The van der Waals surface area contributed by atoms with E-state index in [-0.39, 0.29) is 23.1 Å². The number of hydrogen-bond acceptors (Lipinski definition) is 7. The van der Waals surface area contributed by atoms with E-state index < -0.39 is 10.0 Å². The van der Waals surface area contributed by atoms with Crippen molar-refractivity contribution < 1.29 is 17.9 Å². The first-order chi connectivity index (χ1) is 14.9. The van der Waals surface area contributed by atoms with E-state index in [2.05, 4.69) is 14.7 Å². The summed E-state index contributed by atoms with van der Waals surface area (Å²) in [6.45, 7) is 0.304. The van der Waals surface area contributed by atoms with Crippen molar-refractivity contribution in [2.75, 3.05) is 17.1 Å². The van der Waals surface area contributed by atoms with Crippen LogP contribution in [-0.2, 0) is 17.1 Å². The highest BCUT2D eigenvalue weighted by Gasteiger charge is 2.15. The van der Waals surface area contributed by atoms with Crippen LogP contribution in [0.1, 0.15) is 6.42 Å². The molecular weight excluding hydrogens is 420 g/mol. The molecule has 1 aliphatic rings. The standard InChI is InChI=1S/C21H20N4O5S/c1-25-14-15(8-9-20(25)26)18-13-19-23-21(22-18)30-17-7-5-6-16(12-17)29-10-3-2-4-11-31(27,28)24-19/h2-3,5-9,12-14H,4,10-11H2,1H3,(H,22,23,24). The molecule has 0 amide bonds. The Labute approximate surface area is 179 Å². The predicted octanol–water partition coefficient (Wildman–Crippen LogP) is 2.72. The minimum absolute atomic E-state index is 0.0470. The zero-order valence-corrected chi connectivity index (χ0v) is 17.5. The Morgan fingerprint density at radius 2 is 1.90 bits per heavy atom. The van der Waals surface area contributed by atoms with Gasteiger partial charge in [0.05, 0.1) is 11.4 Å². The number of hydrogen-bond donors (Lipinski definition) is 1. The summed E-state index contributed by atoms with van der Waals surface area (Å²) in [4.78, 5) is 20.3. The monoisotopic (exact) mass is 440 g/mol. The first-order valence-electron chi connectivity index (χ1n) is 9.50. The number of benzene rings is 1. The van der Waals surface area contributed by atoms with Crippen LogP contribution in [0.2, 0.25) is 0 Å². The highest BCUT2D eigenvalue weighted by molar-refractivity contribution is 7.92. The molecule has 0 unspecified atom stereocenters. The van der Waals surface area contributed by atoms with E-state index in [1.165, 1.54) is 16.7 Å². The summed E-state index contributed by atoms with van der Waals surface area (Å²) in [6.07, 6.45) is 5.44. The molecule has 1 N–H and O–H groups in total. The number of nitrogens with one attached hydrogen (secondary N) is 1. The van der Waals surface area contributed by atoms with Gasteiger partial charge >= 0.3 is 6.01 Å². The highest BCUT2D eigenvalue weighted by Crippen LogP contribution is 2.27. The summed E-state index contributed by atoms with van der Waals surface area (Å²) in [5.41, 5.74) is 0.827. The summed E-state index contributed by atoms with van der Waals surface area (Å²) in [6, 6.07) is 11.4. The van der Waals surface area contributed by atoms with E-state index in [1.54, 1.807) is 55.7 Å². The van der Waals surface area contributed by atoms with Gasteiger partial charge in [-0.25, -0.2) is 8.42 Å². The topological polar surface area (TPSA) is 112 Å². The fourth-order valence-electron chi connectivity index (χ4n) is 2.91. The van der Waals surface area contributed by atoms with Crippen LogP contribution in [-0.4, -0.2) is 35.3 Å². The lowest BCUT2D eigenvalue weighted by molar-refractivity contribution is 0.358. The van der Waals surface area contributed by atoms with Gasteiger partial charge in [0.2, 0.25) is 15.6 Å². The molecule has 31 heavy (non-hydrogen) atoms. The van der Waals surface area contributed by atoms with Crippen LogP contribution in [0.4, 0.5) is 5.82 Å². The van der Waals surface area contributed by atoms with Gasteiger partial charge in [0.25, 0.3) is 0 Å². The Hall–Kier alpha value is -3.66. The number of fused-ring (bicyclic) bond motifs is 4. The van der Waals surface area contributed by atoms with E-state index in [0.29, 0.717) is 35.8 Å². The van der Waals surface area contributed by atoms with E-state index in [9.17, 15) is 13.2 Å². The van der Waals surface area contributed by atoms with Gasteiger partial charge in [-0.1, -0.05) is 18.2 Å². The van der Waals surface area contributed by atoms with Gasteiger partial charge in [0, 0.05) is 37.0 Å². The number of pyridine rings is 1. The number of nitrogens with zero attached hydrogens (tertiary/aromatic N) is 3. The van der Waals surface area contributed by atoms with E-state index in [1.807, 2.05) is 0 Å². The molecule has 1 aromatic carbocycles. The fourth-order valence-corrected chi connectivity index (χ4v) is 3.88. The average Bonchev–Trinajstić information content (AvgIpc) is 2.72. The molecule has 0 saturated heterocycles. The lowest BCUT2D eigenvalue weighted by Gasteiger charge is -2.12. The molecule has 1 aliphatic heterocycles. The zero-order chi connectivity index (χ0) is 21.8. The highest BCUT2D eigenvalue weighted by atomic mass is 32.2. The number of aryl methyl sites for hydroxylation is 1. The Morgan fingerprint density at radius 3 is 2.74 bits per heavy atom. The van der Waals surface area contributed by atoms with Crippen LogP contribution in [0.15, 0.2) is 65.6 Å². The molecule has 0 atom stereocenters. The third-order valence-corrected chi connectivity index (χ3v) is 5.72. The third-order valence-electron chi connectivity index (χ3n) is 4.43. The maximum atomic E-state index is 12.5. The average molecular weight is 440 g/mol. The number of rotatable bonds is 1. The Balaban J connectivity index is 1.80. The summed E-state index contributed by atoms with van der Waals surface area (Å²) < 4.78 is 40.3. The van der Waals surface area contributed by atoms with Gasteiger partial charge in [0.15, 0.2) is 0 Å². The van der Waals surface area contributed by atoms with Crippen molar-refractivity contribution in [2.45, 2.75) is 6.42 Å². The second-order valence-corrected chi connectivity index (χ2v) is 8.70. The van der Waals surface area contributed by atoms with E-state index >= 15 is 0 Å². The summed E-state index contributed by atoms with van der Waals surface area (Å²) in [5.74, 6) is 0.979. The number of ether oxygens (including phenoxy) is 2. The molecule has 4 rings (SSSR count). The SMILES string of the molecule is Cn1cc(-c2cc3nc(n2)Oc2cccc(c2)OCC=CCCS(=O)(=O)N3)ccc1=O. The van der Waals surface area contributed by atoms with Crippen LogP contribution in [0, 0.1) is 0 Å². The van der Waals surface area contributed by atoms with Gasteiger partial charge in [-0.2, -0.15) is 9.97 Å². The van der Waals surface area contributed by atoms with Gasteiger partial charge in [0.1, 0.15) is 23.9 Å². The summed E-state index contributed by atoms with van der Waals surface area (Å²) in [7, 11) is -2.03. The first-order valence-corrected chi connectivity index (χ1v) is 11.2. The quantitative estimate of drug-likeness (QED) is 0.579. The van der Waals surface area contributed by atoms with Crippen molar-refractivity contribution in [3.63, 3.8) is 0 Å². The number of allylic oxidation sites excluding steroid dienone is 1. The van der Waals surface area contributed by atoms with Crippen LogP contribution < -0.4 is 19.8 Å². The molecular formula is C21H20N4O5S. The fraction of sp³-hybridized carbons (Fsp3) is 0.190. The molecule has 0 spiro atoms. The molecule has 0 radical (unpaired) electrons. The van der Waals surface area contributed by atoms with Crippen LogP contribution in [0.5, 0.6) is 17.5 Å². The van der Waals surface area contributed by atoms with Crippen LogP contribution in [0.3, 0.4) is 0 Å². The second-order valence-electron chi connectivity index (χ2n) is 6.86. The van der Waals surface area contributed by atoms with Crippen molar-refractivity contribution in [1.29, 1.82) is 0 Å². The van der Waals surface area contributed by atoms with Gasteiger partial charge in [-0.15, -0.1) is 0 Å². The molecule has 10 heteroatoms. The molecule has 0 aliphatic carbocycles. The Bertz CT molecular complexity index is 1300. The minimum Gasteiger partial charge on any atom is -0.489 e. The smallest absolute Gasteiger partial charge is 0.324 e. The van der Waals surface area contributed by atoms with Crippen molar-refractivity contribution in [3.8, 4) is 28.8 Å². The van der Waals surface area contributed by atoms with Crippen LogP contribution in [0.25, 0.3) is 11.3 Å². The Morgan fingerprint density at radius 1 is 1.06 bits per heavy atom. The summed E-state index contributed by atoms with van der Waals surface area (Å²) in [5, 5.41) is 0. The molecule has 3 aromatic rings. The van der Waals surface area contributed by atoms with Gasteiger partial charge in [-0.05, 0) is 24.6 Å². The van der Waals surface area contributed by atoms with Crippen LogP contribution >= 0.6 is 0 Å². The second kappa shape index (κ2) is 8.60.